The summed E-state index contributed by atoms with van der Waals surface area (Å²) < 4.78 is 44.3. The molecule has 1 saturated heterocycles. The first-order valence-corrected chi connectivity index (χ1v) is 10.5. The summed E-state index contributed by atoms with van der Waals surface area (Å²) in [7, 11) is 0. The van der Waals surface area contributed by atoms with E-state index in [0.717, 1.165) is 42.8 Å². The normalized spacial score (nSPS) is 16.8. The number of amides is 1. The van der Waals surface area contributed by atoms with E-state index in [1.807, 2.05) is 24.3 Å². The number of halogens is 3. The number of anilines is 2. The average molecular weight is 443 g/mol. The van der Waals surface area contributed by atoms with Crippen LogP contribution < -0.4 is 15.0 Å². The molecule has 32 heavy (non-hydrogen) atoms. The van der Waals surface area contributed by atoms with E-state index in [9.17, 15) is 18.0 Å². The Hall–Kier alpha value is -3.29. The van der Waals surface area contributed by atoms with Crippen LogP contribution in [-0.4, -0.2) is 30.6 Å². The SMILES string of the molecule is C[C@H]1CCCN(c2ccc3cccc(OCC(=O)Nc4cccc(C(F)(F)F)c4)c3n2)C1. The molecular weight excluding hydrogens is 419 g/mol. The van der Waals surface area contributed by atoms with E-state index in [1.165, 1.54) is 18.6 Å². The Balaban J connectivity index is 1.47. The molecule has 0 unspecified atom stereocenters. The molecule has 0 saturated carbocycles. The van der Waals surface area contributed by atoms with Crippen LogP contribution in [0.1, 0.15) is 25.3 Å². The van der Waals surface area contributed by atoms with Gasteiger partial charge in [0.1, 0.15) is 17.1 Å². The van der Waals surface area contributed by atoms with Crippen molar-refractivity contribution in [2.45, 2.75) is 25.9 Å². The van der Waals surface area contributed by atoms with Crippen molar-refractivity contribution in [3.8, 4) is 5.75 Å². The molecule has 1 aromatic heterocycles. The highest BCUT2D eigenvalue weighted by molar-refractivity contribution is 5.92. The number of nitrogens with one attached hydrogen (secondary N) is 1. The van der Waals surface area contributed by atoms with Crippen LogP contribution in [0.25, 0.3) is 10.9 Å². The van der Waals surface area contributed by atoms with Crippen molar-refractivity contribution < 1.29 is 22.7 Å². The van der Waals surface area contributed by atoms with Gasteiger partial charge in [0.05, 0.1) is 5.56 Å². The molecule has 2 aromatic carbocycles. The minimum atomic E-state index is -4.48. The Morgan fingerprint density at radius 2 is 2.00 bits per heavy atom. The largest absolute Gasteiger partial charge is 0.481 e. The molecule has 168 valence electrons. The molecule has 2 heterocycles. The summed E-state index contributed by atoms with van der Waals surface area (Å²) in [6, 6.07) is 13.9. The lowest BCUT2D eigenvalue weighted by Crippen LogP contribution is -2.34. The van der Waals surface area contributed by atoms with Gasteiger partial charge in [-0.3, -0.25) is 4.79 Å². The number of hydrogen-bond acceptors (Lipinski definition) is 4. The maximum Gasteiger partial charge on any atom is 0.416 e. The molecule has 1 amide bonds. The molecule has 1 aliphatic heterocycles. The van der Waals surface area contributed by atoms with E-state index in [4.69, 9.17) is 9.72 Å². The molecule has 3 aromatic rings. The summed E-state index contributed by atoms with van der Waals surface area (Å²) in [5.41, 5.74) is -0.116. The third-order valence-electron chi connectivity index (χ3n) is 5.48. The lowest BCUT2D eigenvalue weighted by Gasteiger charge is -2.32. The standard InChI is InChI=1S/C24H24F3N3O2/c1-16-5-4-12-30(14-16)21-11-10-17-6-2-9-20(23(17)29-21)32-15-22(31)28-19-8-3-7-18(13-19)24(25,26)27/h2-3,6-11,13,16H,4-5,12,14-15H2,1H3,(H,28,31)/t16-/m0/s1. The Labute approximate surface area is 184 Å². The summed E-state index contributed by atoms with van der Waals surface area (Å²) >= 11 is 0. The number of para-hydroxylation sites is 1. The van der Waals surface area contributed by atoms with E-state index in [-0.39, 0.29) is 12.3 Å². The zero-order chi connectivity index (χ0) is 22.7. The number of pyridine rings is 1. The molecule has 5 nitrogen and oxygen atoms in total. The fourth-order valence-corrected chi connectivity index (χ4v) is 3.91. The van der Waals surface area contributed by atoms with Crippen LogP contribution in [0, 0.1) is 5.92 Å². The third-order valence-corrected chi connectivity index (χ3v) is 5.48. The van der Waals surface area contributed by atoms with Gasteiger partial charge < -0.3 is 15.0 Å². The highest BCUT2D eigenvalue weighted by atomic mass is 19.4. The van der Waals surface area contributed by atoms with E-state index in [2.05, 4.69) is 17.1 Å². The van der Waals surface area contributed by atoms with E-state index < -0.39 is 17.6 Å². The van der Waals surface area contributed by atoms with Crippen LogP contribution >= 0.6 is 0 Å². The van der Waals surface area contributed by atoms with Gasteiger partial charge in [-0.1, -0.05) is 25.1 Å². The molecule has 0 spiro atoms. The number of rotatable bonds is 5. The number of piperidine rings is 1. The van der Waals surface area contributed by atoms with Crippen molar-refractivity contribution in [3.05, 3.63) is 60.2 Å². The number of carbonyl (C=O) groups is 1. The van der Waals surface area contributed by atoms with Gasteiger partial charge in [-0.15, -0.1) is 0 Å². The quantitative estimate of drug-likeness (QED) is 0.565. The number of nitrogens with zero attached hydrogens (tertiary/aromatic N) is 2. The van der Waals surface area contributed by atoms with Gasteiger partial charge in [0, 0.05) is 24.2 Å². The summed E-state index contributed by atoms with van der Waals surface area (Å²) in [5, 5.41) is 3.33. The average Bonchev–Trinajstić information content (AvgIpc) is 2.77. The molecule has 0 aliphatic carbocycles. The van der Waals surface area contributed by atoms with Crippen molar-refractivity contribution in [2.75, 3.05) is 29.9 Å². The van der Waals surface area contributed by atoms with Gasteiger partial charge in [0.25, 0.3) is 5.91 Å². The minimum Gasteiger partial charge on any atom is -0.481 e. The number of fused-ring (bicyclic) bond motifs is 1. The molecule has 8 heteroatoms. The molecule has 1 fully saturated rings. The Bertz CT molecular complexity index is 1120. The van der Waals surface area contributed by atoms with Crippen LogP contribution in [0.5, 0.6) is 5.75 Å². The number of hydrogen-bond donors (Lipinski definition) is 1. The van der Waals surface area contributed by atoms with Gasteiger partial charge >= 0.3 is 6.18 Å². The number of benzene rings is 2. The second-order valence-electron chi connectivity index (χ2n) is 8.11. The van der Waals surface area contributed by atoms with Crippen LogP contribution in [0.3, 0.4) is 0 Å². The van der Waals surface area contributed by atoms with Crippen LogP contribution in [0.4, 0.5) is 24.7 Å². The first-order chi connectivity index (χ1) is 15.3. The maximum absolute atomic E-state index is 12.9. The highest BCUT2D eigenvalue weighted by Crippen LogP contribution is 2.31. The topological polar surface area (TPSA) is 54.5 Å². The predicted molar refractivity (Wildman–Crippen MR) is 118 cm³/mol. The summed E-state index contributed by atoms with van der Waals surface area (Å²) in [5.74, 6) is 1.37. The molecular formula is C24H24F3N3O2. The second-order valence-corrected chi connectivity index (χ2v) is 8.11. The zero-order valence-corrected chi connectivity index (χ0v) is 17.7. The molecule has 4 rings (SSSR count). The van der Waals surface area contributed by atoms with Gasteiger partial charge in [0.2, 0.25) is 0 Å². The fraction of sp³-hybridized carbons (Fsp3) is 0.333. The Morgan fingerprint density at radius 3 is 2.78 bits per heavy atom. The maximum atomic E-state index is 12.9. The van der Waals surface area contributed by atoms with Crippen molar-refractivity contribution in [3.63, 3.8) is 0 Å². The number of ether oxygens (including phenoxy) is 1. The first kappa shape index (κ1) is 21.9. The Morgan fingerprint density at radius 1 is 1.19 bits per heavy atom. The van der Waals surface area contributed by atoms with Crippen LogP contribution in [-0.2, 0) is 11.0 Å². The number of carbonyl (C=O) groups excluding carboxylic acids is 1. The summed E-state index contributed by atoms with van der Waals surface area (Å²) in [6.07, 6.45) is -2.15. The number of aromatic nitrogens is 1. The molecule has 0 bridgehead atoms. The highest BCUT2D eigenvalue weighted by Gasteiger charge is 2.30. The first-order valence-electron chi connectivity index (χ1n) is 10.5. The Kier molecular flexibility index (Phi) is 6.21. The van der Waals surface area contributed by atoms with E-state index >= 15 is 0 Å². The summed E-state index contributed by atoms with van der Waals surface area (Å²) in [4.78, 5) is 19.3. The van der Waals surface area contributed by atoms with Gasteiger partial charge in [-0.2, -0.15) is 13.2 Å². The molecule has 1 atom stereocenters. The smallest absolute Gasteiger partial charge is 0.416 e. The molecule has 0 radical (unpaired) electrons. The number of alkyl halides is 3. The van der Waals surface area contributed by atoms with Gasteiger partial charge in [-0.25, -0.2) is 4.98 Å². The molecule has 1 N–H and O–H groups in total. The van der Waals surface area contributed by atoms with Crippen molar-refractivity contribution >= 4 is 28.3 Å². The van der Waals surface area contributed by atoms with Crippen LogP contribution in [0.2, 0.25) is 0 Å². The monoisotopic (exact) mass is 443 g/mol. The predicted octanol–water partition coefficient (Wildman–Crippen LogP) is 5.51. The van der Waals surface area contributed by atoms with Gasteiger partial charge in [-0.05, 0) is 55.2 Å². The second kappa shape index (κ2) is 9.06. The lowest BCUT2D eigenvalue weighted by molar-refractivity contribution is -0.137. The summed E-state index contributed by atoms with van der Waals surface area (Å²) in [6.45, 7) is 3.78. The minimum absolute atomic E-state index is 0.0611. The van der Waals surface area contributed by atoms with E-state index in [1.54, 1.807) is 6.07 Å². The fourth-order valence-electron chi connectivity index (χ4n) is 3.91. The zero-order valence-electron chi connectivity index (χ0n) is 17.7. The van der Waals surface area contributed by atoms with Crippen molar-refractivity contribution in [2.24, 2.45) is 5.92 Å². The van der Waals surface area contributed by atoms with Crippen molar-refractivity contribution in [1.29, 1.82) is 0 Å². The van der Waals surface area contributed by atoms with E-state index in [0.29, 0.717) is 17.2 Å². The lowest BCUT2D eigenvalue weighted by atomic mass is 10.0. The third kappa shape index (κ3) is 5.12. The van der Waals surface area contributed by atoms with Crippen molar-refractivity contribution in [1.82, 2.24) is 4.98 Å². The van der Waals surface area contributed by atoms with Gasteiger partial charge in [0.15, 0.2) is 6.61 Å². The van der Waals surface area contributed by atoms with Crippen LogP contribution in [0.15, 0.2) is 54.6 Å². The molecule has 1 aliphatic rings.